The molecule has 1 amide bonds. The van der Waals surface area contributed by atoms with E-state index in [0.29, 0.717) is 49.9 Å². The molecule has 1 saturated heterocycles. The Morgan fingerprint density at radius 3 is 2.77 bits per heavy atom. The van der Waals surface area contributed by atoms with Crippen LogP contribution in [0.1, 0.15) is 50.5 Å². The molecule has 2 aromatic rings. The Hall–Kier alpha value is -3.11. The van der Waals surface area contributed by atoms with E-state index in [9.17, 15) is 14.7 Å². The van der Waals surface area contributed by atoms with Gasteiger partial charge < -0.3 is 19.0 Å². The van der Waals surface area contributed by atoms with Gasteiger partial charge in [-0.2, -0.15) is 0 Å². The first-order chi connectivity index (χ1) is 17.0. The number of carbonyl (C=O) groups is 2. The molecule has 0 radical (unpaired) electrons. The van der Waals surface area contributed by atoms with Crippen LogP contribution in [0.5, 0.6) is 11.5 Å². The number of carboxylic acids is 1. The van der Waals surface area contributed by atoms with Crippen LogP contribution in [0.4, 0.5) is 0 Å². The van der Waals surface area contributed by atoms with Crippen molar-refractivity contribution in [3.8, 4) is 11.5 Å². The molecule has 10 nitrogen and oxygen atoms in total. The summed E-state index contributed by atoms with van der Waals surface area (Å²) in [5.74, 6) is -0.292. The molecule has 3 heterocycles. The SMILES string of the molecule is CCCON(CCC)C(=O)CN1C[C@H](c2ccc3c(c2)OCO3)[C@@H](C(=O)O)[C@@H]1CCc1ncco1. The Bertz CT molecular complexity index is 997. The number of hydrogen-bond acceptors (Lipinski definition) is 8. The lowest BCUT2D eigenvalue weighted by Crippen LogP contribution is -2.44. The number of fused-ring (bicyclic) bond motifs is 1. The van der Waals surface area contributed by atoms with E-state index in [0.717, 1.165) is 18.4 Å². The predicted octanol–water partition coefficient (Wildman–Crippen LogP) is 3.08. The molecule has 3 atom stereocenters. The average molecular weight is 488 g/mol. The van der Waals surface area contributed by atoms with Crippen LogP contribution in [0.2, 0.25) is 0 Å². The molecule has 0 saturated carbocycles. The third-order valence-corrected chi connectivity index (χ3v) is 6.49. The summed E-state index contributed by atoms with van der Waals surface area (Å²) in [7, 11) is 0. The van der Waals surface area contributed by atoms with E-state index in [1.807, 2.05) is 36.9 Å². The maximum atomic E-state index is 13.2. The van der Waals surface area contributed by atoms with Crippen molar-refractivity contribution >= 4 is 11.9 Å². The lowest BCUT2D eigenvalue weighted by atomic mass is 9.83. The van der Waals surface area contributed by atoms with Gasteiger partial charge in [0.1, 0.15) is 6.26 Å². The van der Waals surface area contributed by atoms with Crippen molar-refractivity contribution in [2.45, 2.75) is 51.5 Å². The first-order valence-electron chi connectivity index (χ1n) is 12.2. The summed E-state index contributed by atoms with van der Waals surface area (Å²) < 4.78 is 16.3. The van der Waals surface area contributed by atoms with Crippen LogP contribution in [0.15, 0.2) is 35.1 Å². The van der Waals surface area contributed by atoms with Crippen LogP contribution < -0.4 is 9.47 Å². The van der Waals surface area contributed by atoms with Crippen LogP contribution in [0.25, 0.3) is 0 Å². The Balaban J connectivity index is 1.58. The molecule has 1 N–H and O–H groups in total. The molecule has 0 bridgehead atoms. The fourth-order valence-electron chi connectivity index (χ4n) is 4.90. The van der Waals surface area contributed by atoms with Gasteiger partial charge in [-0.15, -0.1) is 0 Å². The second kappa shape index (κ2) is 11.5. The molecule has 2 aliphatic heterocycles. The Kier molecular flexibility index (Phi) is 8.25. The monoisotopic (exact) mass is 487 g/mol. The van der Waals surface area contributed by atoms with Gasteiger partial charge in [0.05, 0.1) is 25.3 Å². The van der Waals surface area contributed by atoms with Gasteiger partial charge in [-0.1, -0.05) is 19.9 Å². The largest absolute Gasteiger partial charge is 0.481 e. The van der Waals surface area contributed by atoms with Crippen molar-refractivity contribution < 1.29 is 33.4 Å². The van der Waals surface area contributed by atoms with Crippen molar-refractivity contribution in [1.29, 1.82) is 0 Å². The van der Waals surface area contributed by atoms with Gasteiger partial charge in [0.15, 0.2) is 17.4 Å². The molecule has 35 heavy (non-hydrogen) atoms. The molecular formula is C25H33N3O7. The number of nitrogens with zero attached hydrogens (tertiary/aromatic N) is 3. The number of carbonyl (C=O) groups excluding carboxylic acids is 1. The third-order valence-electron chi connectivity index (χ3n) is 6.49. The molecule has 1 fully saturated rings. The highest BCUT2D eigenvalue weighted by molar-refractivity contribution is 5.78. The van der Waals surface area contributed by atoms with E-state index >= 15 is 0 Å². The number of oxazole rings is 1. The molecule has 0 unspecified atom stereocenters. The highest BCUT2D eigenvalue weighted by Gasteiger charge is 2.47. The number of carboxylic acid groups (broad SMARTS) is 1. The van der Waals surface area contributed by atoms with Gasteiger partial charge in [0.2, 0.25) is 6.79 Å². The summed E-state index contributed by atoms with van der Waals surface area (Å²) >= 11 is 0. The second-order valence-electron chi connectivity index (χ2n) is 8.87. The second-order valence-corrected chi connectivity index (χ2v) is 8.87. The maximum Gasteiger partial charge on any atom is 0.308 e. The lowest BCUT2D eigenvalue weighted by Gasteiger charge is -2.28. The fourth-order valence-corrected chi connectivity index (χ4v) is 4.90. The Morgan fingerprint density at radius 1 is 1.23 bits per heavy atom. The van der Waals surface area contributed by atoms with Gasteiger partial charge in [-0.05, 0) is 37.0 Å². The number of benzene rings is 1. The molecule has 4 rings (SSSR count). The highest BCUT2D eigenvalue weighted by Crippen LogP contribution is 2.43. The summed E-state index contributed by atoms with van der Waals surface area (Å²) in [5.41, 5.74) is 0.852. The van der Waals surface area contributed by atoms with Gasteiger partial charge in [-0.25, -0.2) is 10.0 Å². The van der Waals surface area contributed by atoms with Crippen molar-refractivity contribution in [3.63, 3.8) is 0 Å². The van der Waals surface area contributed by atoms with Gasteiger partial charge in [-0.3, -0.25) is 19.3 Å². The Morgan fingerprint density at radius 2 is 2.06 bits per heavy atom. The minimum Gasteiger partial charge on any atom is -0.481 e. The number of amides is 1. The zero-order valence-electron chi connectivity index (χ0n) is 20.2. The number of ether oxygens (including phenoxy) is 2. The van der Waals surface area contributed by atoms with E-state index in [1.165, 1.54) is 11.3 Å². The fraction of sp³-hybridized carbons (Fsp3) is 0.560. The maximum absolute atomic E-state index is 13.2. The quantitative estimate of drug-likeness (QED) is 0.451. The first-order valence-corrected chi connectivity index (χ1v) is 12.2. The Labute approximate surface area is 204 Å². The topological polar surface area (TPSA) is 115 Å². The number of likely N-dealkylation sites (tertiary alicyclic amines) is 1. The molecule has 1 aromatic heterocycles. The lowest BCUT2D eigenvalue weighted by molar-refractivity contribution is -0.188. The number of aromatic nitrogens is 1. The van der Waals surface area contributed by atoms with Crippen LogP contribution in [-0.4, -0.2) is 71.0 Å². The smallest absolute Gasteiger partial charge is 0.308 e. The van der Waals surface area contributed by atoms with E-state index < -0.39 is 11.9 Å². The summed E-state index contributed by atoms with van der Waals surface area (Å²) in [6.07, 6.45) is 5.61. The molecule has 190 valence electrons. The number of hydrogen-bond donors (Lipinski definition) is 1. The van der Waals surface area contributed by atoms with Gasteiger partial charge >= 0.3 is 5.97 Å². The number of aryl methyl sites for hydroxylation is 1. The normalized spacial score (nSPS) is 21.4. The van der Waals surface area contributed by atoms with E-state index in [2.05, 4.69) is 4.98 Å². The van der Waals surface area contributed by atoms with Crippen molar-refractivity contribution in [2.75, 3.05) is 33.0 Å². The van der Waals surface area contributed by atoms with E-state index in [-0.39, 0.29) is 31.2 Å². The summed E-state index contributed by atoms with van der Waals surface area (Å²) in [6.45, 7) is 5.56. The standard InChI is InChI=1S/C25H33N3O7/c1-3-10-28(35-11-4-2)23(29)15-27-14-18(17-5-7-20-21(13-17)34-16-33-20)24(25(30)31)19(27)6-8-22-26-9-12-32-22/h5,7,9,12-13,18-19,24H,3-4,6,8,10-11,14-16H2,1-2H3,(H,30,31)/t18-,19+,24-/m1/s1. The summed E-state index contributed by atoms with van der Waals surface area (Å²) in [6, 6.07) is 5.17. The molecule has 2 aliphatic rings. The molecule has 0 aliphatic carbocycles. The average Bonchev–Trinajstić information content (AvgIpc) is 3.59. The van der Waals surface area contributed by atoms with Crippen LogP contribution in [0, 0.1) is 5.92 Å². The molecule has 10 heteroatoms. The van der Waals surface area contributed by atoms with Crippen molar-refractivity contribution in [3.05, 3.63) is 42.1 Å². The summed E-state index contributed by atoms with van der Waals surface area (Å²) in [4.78, 5) is 37.6. The van der Waals surface area contributed by atoms with Crippen molar-refractivity contribution in [1.82, 2.24) is 14.9 Å². The minimum absolute atomic E-state index is 0.0742. The number of aliphatic carboxylic acids is 1. The van der Waals surface area contributed by atoms with E-state index in [4.69, 9.17) is 18.7 Å². The number of rotatable bonds is 12. The van der Waals surface area contributed by atoms with Gasteiger partial charge in [0.25, 0.3) is 5.91 Å². The zero-order valence-corrected chi connectivity index (χ0v) is 20.2. The minimum atomic E-state index is -0.896. The number of hydroxylamine groups is 2. The molecule has 1 aromatic carbocycles. The molecule has 0 spiro atoms. The third kappa shape index (κ3) is 5.76. The first kappa shape index (κ1) is 25.0. The van der Waals surface area contributed by atoms with Crippen LogP contribution in [-0.2, 0) is 20.8 Å². The highest BCUT2D eigenvalue weighted by atomic mass is 16.7. The van der Waals surface area contributed by atoms with Gasteiger partial charge in [0, 0.05) is 31.5 Å². The zero-order chi connectivity index (χ0) is 24.8. The summed E-state index contributed by atoms with van der Waals surface area (Å²) in [5, 5.41) is 11.7. The van der Waals surface area contributed by atoms with E-state index in [1.54, 1.807) is 6.20 Å². The molecular weight excluding hydrogens is 454 g/mol. The van der Waals surface area contributed by atoms with Crippen molar-refractivity contribution in [2.24, 2.45) is 5.92 Å². The van der Waals surface area contributed by atoms with Crippen LogP contribution in [0.3, 0.4) is 0 Å². The van der Waals surface area contributed by atoms with Crippen LogP contribution >= 0.6 is 0 Å². The predicted molar refractivity (Wildman–Crippen MR) is 125 cm³/mol.